The summed E-state index contributed by atoms with van der Waals surface area (Å²) in [5, 5.41) is 26.2. The number of methoxy groups -OCH3 is 1. The fraction of sp³-hybridized carbons (Fsp3) is 0.321. The van der Waals surface area contributed by atoms with Crippen molar-refractivity contribution in [3.05, 3.63) is 82.7 Å². The average Bonchev–Trinajstić information content (AvgIpc) is 3.46. The number of ether oxygens (including phenoxy) is 2. The van der Waals surface area contributed by atoms with Gasteiger partial charge in [0.1, 0.15) is 23.5 Å². The number of halogens is 3. The van der Waals surface area contributed by atoms with Gasteiger partial charge in [0, 0.05) is 23.7 Å². The number of piperidine rings is 1. The van der Waals surface area contributed by atoms with Crippen molar-refractivity contribution in [1.82, 2.24) is 20.4 Å². The van der Waals surface area contributed by atoms with Crippen molar-refractivity contribution in [2.24, 2.45) is 5.41 Å². The molecule has 0 unspecified atom stereocenters. The molecule has 0 N–H and O–H groups in total. The highest BCUT2D eigenvalue weighted by molar-refractivity contribution is 6.31. The molecule has 0 atom stereocenters. The van der Waals surface area contributed by atoms with Crippen LogP contribution in [0.25, 0.3) is 11.6 Å². The number of rotatable bonds is 9. The van der Waals surface area contributed by atoms with Crippen LogP contribution in [0, 0.1) is 16.7 Å². The van der Waals surface area contributed by atoms with Gasteiger partial charge in [0.2, 0.25) is 5.89 Å². The lowest BCUT2D eigenvalue weighted by molar-refractivity contribution is -0.112. The summed E-state index contributed by atoms with van der Waals surface area (Å²) in [6, 6.07) is 18.5. The van der Waals surface area contributed by atoms with Gasteiger partial charge in [-0.2, -0.15) is 14.0 Å². The highest BCUT2D eigenvalue weighted by Crippen LogP contribution is 2.52. The van der Waals surface area contributed by atoms with Crippen molar-refractivity contribution in [3.8, 4) is 23.4 Å². The zero-order valence-corrected chi connectivity index (χ0v) is 22.3. The molecule has 0 aliphatic carbocycles. The lowest BCUT2D eigenvalue weighted by Crippen LogP contribution is -2.48. The Kier molecular flexibility index (Phi) is 7.91. The first-order valence-electron chi connectivity index (χ1n) is 12.5. The van der Waals surface area contributed by atoms with Crippen molar-refractivity contribution in [1.29, 1.82) is 5.26 Å². The Labute approximate surface area is 234 Å². The molecule has 0 radical (unpaired) electrons. The molecule has 0 amide bonds. The summed E-state index contributed by atoms with van der Waals surface area (Å²) in [5.74, 6) is -1.67. The minimum atomic E-state index is -3.41. The molecule has 1 saturated heterocycles. The van der Waals surface area contributed by atoms with E-state index in [4.69, 9.17) is 25.5 Å². The van der Waals surface area contributed by atoms with E-state index in [1.807, 2.05) is 35.2 Å². The van der Waals surface area contributed by atoms with Gasteiger partial charge < -0.3 is 18.8 Å². The molecule has 3 heterocycles. The molecule has 40 heavy (non-hydrogen) atoms. The lowest BCUT2D eigenvalue weighted by atomic mass is 9.72. The summed E-state index contributed by atoms with van der Waals surface area (Å²) in [4.78, 5) is 1.82. The van der Waals surface area contributed by atoms with Gasteiger partial charge in [-0.05, 0) is 48.7 Å². The summed E-state index contributed by atoms with van der Waals surface area (Å²) in [6.07, 6.45) is -0.122. The zero-order chi connectivity index (χ0) is 28.2. The Balaban J connectivity index is 1.18. The fourth-order valence-corrected chi connectivity index (χ4v) is 4.84. The van der Waals surface area contributed by atoms with Crippen molar-refractivity contribution in [3.63, 3.8) is 0 Å². The van der Waals surface area contributed by atoms with Gasteiger partial charge in [-0.1, -0.05) is 41.9 Å². The highest BCUT2D eigenvalue weighted by atomic mass is 35.5. The number of anilines is 1. The molecule has 1 fully saturated rings. The van der Waals surface area contributed by atoms with Crippen LogP contribution in [0.3, 0.4) is 0 Å². The quantitative estimate of drug-likeness (QED) is 0.248. The molecule has 2 aromatic heterocycles. The molecule has 5 rings (SSSR count). The maximum Gasteiger partial charge on any atom is 0.293 e. The number of hydrogen-bond donors (Lipinski definition) is 0. The molecular formula is C28H25ClF2N6O3. The Morgan fingerprint density at radius 1 is 1.00 bits per heavy atom. The van der Waals surface area contributed by atoms with Crippen LogP contribution in [0.1, 0.15) is 29.9 Å². The first kappa shape index (κ1) is 27.4. The first-order valence-corrected chi connectivity index (χ1v) is 12.9. The molecule has 0 saturated carbocycles. The van der Waals surface area contributed by atoms with Crippen LogP contribution < -0.4 is 9.64 Å². The van der Waals surface area contributed by atoms with Gasteiger partial charge in [0.05, 0.1) is 19.8 Å². The maximum absolute atomic E-state index is 15.5. The van der Waals surface area contributed by atoms with Crippen LogP contribution in [0.15, 0.2) is 65.1 Å². The van der Waals surface area contributed by atoms with Gasteiger partial charge in [-0.25, -0.2) is 0 Å². The lowest BCUT2D eigenvalue weighted by Gasteiger charge is -2.42. The van der Waals surface area contributed by atoms with E-state index in [2.05, 4.69) is 20.4 Å². The van der Waals surface area contributed by atoms with Crippen LogP contribution in [-0.2, 0) is 23.9 Å². The third-order valence-electron chi connectivity index (χ3n) is 6.96. The van der Waals surface area contributed by atoms with E-state index >= 15 is 8.78 Å². The molecule has 1 aliphatic rings. The van der Waals surface area contributed by atoms with E-state index in [0.717, 1.165) is 11.3 Å². The average molecular weight is 567 g/mol. The van der Waals surface area contributed by atoms with E-state index in [1.54, 1.807) is 25.3 Å². The van der Waals surface area contributed by atoms with Crippen molar-refractivity contribution in [2.75, 3.05) is 25.1 Å². The normalized spacial score (nSPS) is 15.0. The van der Waals surface area contributed by atoms with Gasteiger partial charge in [-0.3, -0.25) is 0 Å². The highest BCUT2D eigenvalue weighted by Gasteiger charge is 2.57. The Morgan fingerprint density at radius 3 is 2.40 bits per heavy atom. The van der Waals surface area contributed by atoms with Gasteiger partial charge in [-0.15, -0.1) is 20.4 Å². The molecule has 0 bridgehead atoms. The minimum Gasteiger partial charge on any atom is -0.497 e. The monoisotopic (exact) mass is 566 g/mol. The van der Waals surface area contributed by atoms with Crippen LogP contribution in [0.5, 0.6) is 5.75 Å². The molecule has 9 nitrogen and oxygen atoms in total. The predicted molar refractivity (Wildman–Crippen MR) is 142 cm³/mol. The number of alkyl halides is 2. The number of nitrogens with zero attached hydrogens (tertiary/aromatic N) is 6. The second-order valence-electron chi connectivity index (χ2n) is 9.35. The predicted octanol–water partition coefficient (Wildman–Crippen LogP) is 5.81. The standard InChI is InChI=1S/C28H25ClF2N6O3/c1-38-20-8-6-19(7-9-20)16-39-17-25-35-36-26(40-25)23-10-11-24(34-33-23)37-14-12-27(18-32,13-15-37)28(30,31)21-4-2-3-5-22(21)29/h2-11H,12-17H2,1H3. The number of hydrogen-bond acceptors (Lipinski definition) is 9. The minimum absolute atomic E-state index is 0.0565. The smallest absolute Gasteiger partial charge is 0.293 e. The summed E-state index contributed by atoms with van der Waals surface area (Å²) in [7, 11) is 1.61. The maximum atomic E-state index is 15.5. The molecule has 12 heteroatoms. The zero-order valence-electron chi connectivity index (χ0n) is 21.6. The van der Waals surface area contributed by atoms with E-state index < -0.39 is 11.3 Å². The largest absolute Gasteiger partial charge is 0.497 e. The number of benzene rings is 2. The molecule has 206 valence electrons. The van der Waals surface area contributed by atoms with Crippen molar-refractivity contribution in [2.45, 2.75) is 32.0 Å². The SMILES string of the molecule is COc1ccc(COCc2nnc(-c3ccc(N4CCC(C#N)(C(F)(F)c5ccccc5Cl)CC4)nn3)o2)cc1. The Hall–Kier alpha value is -4.14. The van der Waals surface area contributed by atoms with E-state index in [9.17, 15) is 5.26 Å². The summed E-state index contributed by atoms with van der Waals surface area (Å²) in [6.45, 7) is 0.900. The number of aromatic nitrogens is 4. The molecule has 2 aromatic carbocycles. The number of nitriles is 1. The second kappa shape index (κ2) is 11.5. The van der Waals surface area contributed by atoms with Gasteiger partial charge >= 0.3 is 0 Å². The third kappa shape index (κ3) is 5.46. The summed E-state index contributed by atoms with van der Waals surface area (Å²) >= 11 is 6.05. The molecular weight excluding hydrogens is 542 g/mol. The summed E-state index contributed by atoms with van der Waals surface area (Å²) in [5.41, 5.74) is -0.872. The van der Waals surface area contributed by atoms with E-state index in [1.165, 1.54) is 18.2 Å². The Morgan fingerprint density at radius 2 is 1.75 bits per heavy atom. The second-order valence-corrected chi connectivity index (χ2v) is 9.76. The van der Waals surface area contributed by atoms with E-state index in [-0.39, 0.29) is 54.9 Å². The van der Waals surface area contributed by atoms with E-state index in [0.29, 0.717) is 18.1 Å². The van der Waals surface area contributed by atoms with Crippen LogP contribution in [-0.4, -0.2) is 40.6 Å². The fourth-order valence-electron chi connectivity index (χ4n) is 4.59. The van der Waals surface area contributed by atoms with Crippen LogP contribution in [0.2, 0.25) is 5.02 Å². The van der Waals surface area contributed by atoms with Crippen LogP contribution >= 0.6 is 11.6 Å². The van der Waals surface area contributed by atoms with Crippen molar-refractivity contribution >= 4 is 17.4 Å². The van der Waals surface area contributed by atoms with Crippen molar-refractivity contribution < 1.29 is 22.7 Å². The third-order valence-corrected chi connectivity index (χ3v) is 7.29. The van der Waals surface area contributed by atoms with Gasteiger partial charge in [0.15, 0.2) is 5.82 Å². The molecule has 1 aliphatic heterocycles. The molecule has 4 aromatic rings. The van der Waals surface area contributed by atoms with Crippen LogP contribution in [0.4, 0.5) is 14.6 Å². The molecule has 0 spiro atoms. The summed E-state index contributed by atoms with van der Waals surface area (Å²) < 4.78 is 47.5. The van der Waals surface area contributed by atoms with Gasteiger partial charge in [0.25, 0.3) is 11.8 Å². The Bertz CT molecular complexity index is 1480. The topological polar surface area (TPSA) is 110 Å². The first-order chi connectivity index (χ1) is 19.3.